The second-order valence-electron chi connectivity index (χ2n) is 15.8. The highest BCUT2D eigenvalue weighted by Gasteiger charge is 2.26. The molecule has 0 aliphatic rings. The number of para-hydroxylation sites is 6. The number of rotatable bonds is 6. The molecule has 0 aliphatic heterocycles. The molecule has 62 heavy (non-hydrogen) atoms. The summed E-state index contributed by atoms with van der Waals surface area (Å²) in [5, 5.41) is 16.7. The minimum Gasteiger partial charge on any atom is -0.456 e. The van der Waals surface area contributed by atoms with Gasteiger partial charge in [0.05, 0.1) is 44.5 Å². The summed E-state index contributed by atoms with van der Waals surface area (Å²) in [7, 11) is 0. The van der Waals surface area contributed by atoms with E-state index in [0.29, 0.717) is 0 Å². The van der Waals surface area contributed by atoms with E-state index in [1.807, 2.05) is 18.2 Å². The number of furan rings is 1. The zero-order valence-corrected chi connectivity index (χ0v) is 33.4. The zero-order valence-electron chi connectivity index (χ0n) is 33.4. The molecule has 0 bridgehead atoms. The number of nitrogens with zero attached hydrogens (tertiary/aromatic N) is 5. The third-order valence-corrected chi connectivity index (χ3v) is 12.4. The highest BCUT2D eigenvalue weighted by Crippen LogP contribution is 2.45. The van der Waals surface area contributed by atoms with Crippen LogP contribution in [0.3, 0.4) is 0 Å². The summed E-state index contributed by atoms with van der Waals surface area (Å²) < 4.78 is 13.6. The third-order valence-electron chi connectivity index (χ3n) is 12.4. The molecule has 0 unspecified atom stereocenters. The van der Waals surface area contributed by atoms with E-state index in [1.165, 1.54) is 16.2 Å². The van der Waals surface area contributed by atoms with E-state index in [9.17, 15) is 0 Å². The molecule has 4 heterocycles. The first kappa shape index (κ1) is 34.4. The Kier molecular flexibility index (Phi) is 7.50. The Hall–Kier alpha value is -8.48. The van der Waals surface area contributed by atoms with Crippen LogP contribution in [0.2, 0.25) is 0 Å². The maximum Gasteiger partial charge on any atom is 0.168 e. The highest BCUT2D eigenvalue weighted by atomic mass is 16.3. The maximum atomic E-state index is 6.50. The Bertz CT molecular complexity index is 3810. The van der Waals surface area contributed by atoms with Crippen LogP contribution in [0.15, 0.2) is 217 Å². The van der Waals surface area contributed by atoms with Crippen molar-refractivity contribution in [3.05, 3.63) is 212 Å². The summed E-state index contributed by atoms with van der Waals surface area (Å²) >= 11 is 0. The lowest BCUT2D eigenvalue weighted by molar-refractivity contribution is 0.669. The molecule has 0 aliphatic carbocycles. The van der Waals surface area contributed by atoms with Crippen molar-refractivity contribution in [1.29, 1.82) is 0 Å². The lowest BCUT2D eigenvalue weighted by atomic mass is 10.0. The van der Waals surface area contributed by atoms with Crippen LogP contribution in [0.5, 0.6) is 0 Å². The number of aromatic nitrogens is 5. The summed E-state index contributed by atoms with van der Waals surface area (Å²) in [4.78, 5) is 0. The van der Waals surface area contributed by atoms with Gasteiger partial charge in [-0.25, -0.2) is 0 Å². The molecule has 13 aromatic rings. The summed E-state index contributed by atoms with van der Waals surface area (Å²) in [6.45, 7) is 0. The van der Waals surface area contributed by atoms with Gasteiger partial charge in [-0.05, 0) is 48.5 Å². The van der Waals surface area contributed by atoms with Gasteiger partial charge in [0.15, 0.2) is 11.6 Å². The number of hydrogen-bond donors (Lipinski definition) is 0. The predicted octanol–water partition coefficient (Wildman–Crippen LogP) is 14.4. The summed E-state index contributed by atoms with van der Waals surface area (Å²) in [5.41, 5.74) is 13.5. The quantitative estimate of drug-likeness (QED) is 0.168. The van der Waals surface area contributed by atoms with Crippen LogP contribution >= 0.6 is 0 Å². The second kappa shape index (κ2) is 13.5. The van der Waals surface area contributed by atoms with Crippen LogP contribution in [0.1, 0.15) is 0 Å². The minimum atomic E-state index is 0.775. The second-order valence-corrected chi connectivity index (χ2v) is 15.8. The van der Waals surface area contributed by atoms with Crippen molar-refractivity contribution in [3.63, 3.8) is 0 Å². The molecule has 0 spiro atoms. The Labute approximate surface area is 355 Å². The van der Waals surface area contributed by atoms with Gasteiger partial charge >= 0.3 is 0 Å². The van der Waals surface area contributed by atoms with Gasteiger partial charge in [-0.15, -0.1) is 10.2 Å². The van der Waals surface area contributed by atoms with Gasteiger partial charge < -0.3 is 13.6 Å². The molecule has 6 heteroatoms. The molecule has 4 aromatic heterocycles. The molecule has 13 rings (SSSR count). The van der Waals surface area contributed by atoms with Crippen molar-refractivity contribution in [3.8, 4) is 51.0 Å². The average Bonchev–Trinajstić information content (AvgIpc) is 4.12. The number of hydrogen-bond acceptors (Lipinski definition) is 3. The minimum absolute atomic E-state index is 0.775. The third kappa shape index (κ3) is 4.98. The van der Waals surface area contributed by atoms with Crippen molar-refractivity contribution in [2.24, 2.45) is 0 Å². The molecule has 0 fully saturated rings. The van der Waals surface area contributed by atoms with E-state index in [4.69, 9.17) is 14.6 Å². The van der Waals surface area contributed by atoms with E-state index in [2.05, 4.69) is 208 Å². The molecule has 0 amide bonds. The molecule has 290 valence electrons. The summed E-state index contributed by atoms with van der Waals surface area (Å²) in [5.74, 6) is 1.55. The van der Waals surface area contributed by atoms with Crippen molar-refractivity contribution in [2.75, 3.05) is 0 Å². The van der Waals surface area contributed by atoms with Crippen LogP contribution in [-0.4, -0.2) is 23.9 Å². The zero-order chi connectivity index (χ0) is 40.7. The molecular formula is C56H35N5O. The molecule has 0 atom stereocenters. The molecule has 0 N–H and O–H groups in total. The van der Waals surface area contributed by atoms with Gasteiger partial charge in [-0.2, -0.15) is 0 Å². The van der Waals surface area contributed by atoms with Crippen molar-refractivity contribution in [2.45, 2.75) is 0 Å². The van der Waals surface area contributed by atoms with Crippen LogP contribution in [0.4, 0.5) is 0 Å². The lowest BCUT2D eigenvalue weighted by Crippen LogP contribution is -2.05. The van der Waals surface area contributed by atoms with Crippen LogP contribution in [-0.2, 0) is 0 Å². The summed E-state index contributed by atoms with van der Waals surface area (Å²) in [6.07, 6.45) is 0. The maximum absolute atomic E-state index is 6.50. The SMILES string of the molecule is c1ccc(-c2nnc(-c3ccccc3)n2-c2cccc3c4ccccc4n(-c4ccccc4-c4ccccc4-n4c5ccccc5c5ccc6oc7ccccc7c6c54)c23)cc1. The van der Waals surface area contributed by atoms with Crippen LogP contribution in [0, 0.1) is 0 Å². The van der Waals surface area contributed by atoms with Crippen molar-refractivity contribution < 1.29 is 4.42 Å². The van der Waals surface area contributed by atoms with Crippen LogP contribution < -0.4 is 0 Å². The first-order chi connectivity index (χ1) is 30.8. The summed E-state index contributed by atoms with van der Waals surface area (Å²) in [6, 6.07) is 75.1. The highest BCUT2D eigenvalue weighted by molar-refractivity contribution is 6.24. The standard InChI is InChI=1S/C56H35N5O/c1-3-18-36(19-4-1)55-57-58-56(37-20-5-2-6-21-37)61(55)49-32-17-27-42-40-24-9-14-30-47(40)59(53(42)49)45-28-12-7-22-38(45)39-23-8-13-29-46(39)60-48-31-15-10-25-41(48)43-34-35-51-52(54(43)60)44-26-11-16-33-50(44)62-51/h1-35H. The fraction of sp³-hybridized carbons (Fsp3) is 0. The molecule has 9 aromatic carbocycles. The Morgan fingerprint density at radius 3 is 1.40 bits per heavy atom. The van der Waals surface area contributed by atoms with Gasteiger partial charge in [0, 0.05) is 49.2 Å². The topological polar surface area (TPSA) is 53.7 Å². The molecule has 0 radical (unpaired) electrons. The Morgan fingerprint density at radius 1 is 0.306 bits per heavy atom. The van der Waals surface area contributed by atoms with E-state index in [0.717, 1.165) is 100 Å². The molecule has 0 saturated carbocycles. The predicted molar refractivity (Wildman–Crippen MR) is 254 cm³/mol. The molecule has 6 nitrogen and oxygen atoms in total. The monoisotopic (exact) mass is 793 g/mol. The smallest absolute Gasteiger partial charge is 0.168 e. The Balaban J connectivity index is 1.13. The first-order valence-electron chi connectivity index (χ1n) is 20.9. The fourth-order valence-corrected chi connectivity index (χ4v) is 9.80. The van der Waals surface area contributed by atoms with E-state index >= 15 is 0 Å². The van der Waals surface area contributed by atoms with Gasteiger partial charge in [0.2, 0.25) is 0 Å². The van der Waals surface area contributed by atoms with E-state index in [-0.39, 0.29) is 0 Å². The van der Waals surface area contributed by atoms with E-state index in [1.54, 1.807) is 0 Å². The van der Waals surface area contributed by atoms with Crippen molar-refractivity contribution >= 4 is 65.6 Å². The number of benzene rings is 9. The Morgan fingerprint density at radius 2 is 0.774 bits per heavy atom. The first-order valence-corrected chi connectivity index (χ1v) is 20.9. The number of fused-ring (bicyclic) bond motifs is 10. The molecule has 0 saturated heterocycles. The average molecular weight is 794 g/mol. The lowest BCUT2D eigenvalue weighted by Gasteiger charge is -2.20. The van der Waals surface area contributed by atoms with Gasteiger partial charge in [-0.1, -0.05) is 164 Å². The fourth-order valence-electron chi connectivity index (χ4n) is 9.80. The van der Waals surface area contributed by atoms with Crippen LogP contribution in [0.25, 0.3) is 117 Å². The van der Waals surface area contributed by atoms with Gasteiger partial charge in [0.1, 0.15) is 11.2 Å². The van der Waals surface area contributed by atoms with Gasteiger partial charge in [0.25, 0.3) is 0 Å². The van der Waals surface area contributed by atoms with Crippen molar-refractivity contribution in [1.82, 2.24) is 23.9 Å². The van der Waals surface area contributed by atoms with E-state index < -0.39 is 0 Å². The normalized spacial score (nSPS) is 11.9. The largest absolute Gasteiger partial charge is 0.456 e. The van der Waals surface area contributed by atoms with Gasteiger partial charge in [-0.3, -0.25) is 4.57 Å². The molecular weight excluding hydrogens is 759 g/mol.